The third-order valence-electron chi connectivity index (χ3n) is 4.00. The van der Waals surface area contributed by atoms with Crippen LogP contribution in [0.3, 0.4) is 0 Å². The fourth-order valence-electron chi connectivity index (χ4n) is 2.57. The molecule has 0 aliphatic carbocycles. The van der Waals surface area contributed by atoms with Gasteiger partial charge in [0.05, 0.1) is 17.0 Å². The Kier molecular flexibility index (Phi) is 5.75. The Hall–Kier alpha value is -2.88. The minimum absolute atomic E-state index is 0.0261. The van der Waals surface area contributed by atoms with E-state index in [9.17, 15) is 8.42 Å². The number of benzene rings is 2. The number of aromatic nitrogens is 1. The van der Waals surface area contributed by atoms with Crippen LogP contribution in [0.25, 0.3) is 10.9 Å². The van der Waals surface area contributed by atoms with E-state index in [-0.39, 0.29) is 18.0 Å². The molecule has 27 heavy (non-hydrogen) atoms. The molecule has 3 aromatic rings. The van der Waals surface area contributed by atoms with Gasteiger partial charge in [-0.3, -0.25) is 4.98 Å². The van der Waals surface area contributed by atoms with E-state index in [2.05, 4.69) is 21.5 Å². The lowest BCUT2D eigenvalue weighted by Crippen LogP contribution is -2.24. The summed E-state index contributed by atoms with van der Waals surface area (Å²) in [6.45, 7) is 3.83. The van der Waals surface area contributed by atoms with Crippen LogP contribution in [0.2, 0.25) is 0 Å². The van der Waals surface area contributed by atoms with E-state index in [0.717, 1.165) is 16.5 Å². The van der Waals surface area contributed by atoms with E-state index < -0.39 is 10.0 Å². The Balaban J connectivity index is 1.55. The van der Waals surface area contributed by atoms with Gasteiger partial charge in [0, 0.05) is 17.6 Å². The highest BCUT2D eigenvalue weighted by molar-refractivity contribution is 7.89. The molecule has 0 aliphatic heterocycles. The van der Waals surface area contributed by atoms with Crippen LogP contribution in [0.4, 0.5) is 0 Å². The zero-order valence-corrected chi connectivity index (χ0v) is 16.0. The third kappa shape index (κ3) is 4.85. The lowest BCUT2D eigenvalue weighted by molar-refractivity contribution is 0.370. The molecule has 0 amide bonds. The second-order valence-electron chi connectivity index (χ2n) is 6.09. The van der Waals surface area contributed by atoms with Crippen LogP contribution >= 0.6 is 0 Å². The largest absolute Gasteiger partial charge is 0.481 e. The fourth-order valence-corrected chi connectivity index (χ4v) is 3.83. The number of nitrogens with zero attached hydrogens (tertiary/aromatic N) is 1. The highest BCUT2D eigenvalue weighted by Crippen LogP contribution is 2.18. The highest BCUT2D eigenvalue weighted by atomic mass is 32.2. The zero-order chi connectivity index (χ0) is 19.3. The van der Waals surface area contributed by atoms with E-state index in [4.69, 9.17) is 4.74 Å². The lowest BCUT2D eigenvalue weighted by Gasteiger charge is -2.08. The van der Waals surface area contributed by atoms with Crippen LogP contribution in [0.5, 0.6) is 5.75 Å². The summed E-state index contributed by atoms with van der Waals surface area (Å²) in [5.41, 5.74) is 2.45. The molecule has 3 rings (SSSR count). The van der Waals surface area contributed by atoms with Gasteiger partial charge in [0.2, 0.25) is 10.0 Å². The van der Waals surface area contributed by atoms with Gasteiger partial charge in [-0.1, -0.05) is 30.0 Å². The van der Waals surface area contributed by atoms with Crippen molar-refractivity contribution in [1.29, 1.82) is 0 Å². The Labute approximate surface area is 159 Å². The summed E-state index contributed by atoms with van der Waals surface area (Å²) < 4.78 is 32.8. The van der Waals surface area contributed by atoms with Gasteiger partial charge in [-0.2, -0.15) is 4.72 Å². The standard InChI is InChI=1S/C21H20N2O3S/c1-16-7-8-17(2)21(14-16)27(24,25)23-12-3-4-13-26-19-10-9-18-6-5-11-22-20(18)15-19/h5-11,14-15,23H,12-13H2,1-2H3. The van der Waals surface area contributed by atoms with Crippen molar-refractivity contribution in [1.82, 2.24) is 9.71 Å². The SMILES string of the molecule is Cc1ccc(C)c(S(=O)(=O)NCC#CCOc2ccc3cccnc3c2)c1. The molecule has 2 aromatic carbocycles. The molecule has 0 unspecified atom stereocenters. The first-order valence-electron chi connectivity index (χ1n) is 8.46. The van der Waals surface area contributed by atoms with Crippen LogP contribution in [-0.4, -0.2) is 26.6 Å². The van der Waals surface area contributed by atoms with E-state index in [1.165, 1.54) is 0 Å². The molecule has 6 heteroatoms. The first kappa shape index (κ1) is 18.9. The van der Waals surface area contributed by atoms with Crippen LogP contribution in [0.1, 0.15) is 11.1 Å². The maximum absolute atomic E-state index is 12.4. The molecule has 5 nitrogen and oxygen atoms in total. The number of aryl methyl sites for hydroxylation is 2. The summed E-state index contributed by atoms with van der Waals surface area (Å²) in [5.74, 6) is 6.26. The monoisotopic (exact) mass is 380 g/mol. The smallest absolute Gasteiger partial charge is 0.241 e. The molecule has 0 saturated carbocycles. The second-order valence-corrected chi connectivity index (χ2v) is 7.83. The summed E-state index contributed by atoms with van der Waals surface area (Å²) in [5, 5.41) is 1.04. The van der Waals surface area contributed by atoms with Gasteiger partial charge < -0.3 is 4.74 Å². The average Bonchev–Trinajstić information content (AvgIpc) is 2.66. The molecule has 0 saturated heterocycles. The topological polar surface area (TPSA) is 68.3 Å². The zero-order valence-electron chi connectivity index (χ0n) is 15.2. The Morgan fingerprint density at radius 2 is 1.93 bits per heavy atom. The number of ether oxygens (including phenoxy) is 1. The van der Waals surface area contributed by atoms with Crippen molar-refractivity contribution >= 4 is 20.9 Å². The molecule has 1 heterocycles. The quantitative estimate of drug-likeness (QED) is 0.690. The molecule has 0 spiro atoms. The predicted molar refractivity (Wildman–Crippen MR) is 106 cm³/mol. The number of pyridine rings is 1. The number of rotatable bonds is 5. The number of sulfonamides is 1. The van der Waals surface area contributed by atoms with Crippen LogP contribution < -0.4 is 9.46 Å². The minimum Gasteiger partial charge on any atom is -0.481 e. The van der Waals surface area contributed by atoms with Gasteiger partial charge in [-0.15, -0.1) is 0 Å². The molecule has 0 fully saturated rings. The Bertz CT molecular complexity index is 1130. The predicted octanol–water partition coefficient (Wildman–Crippen LogP) is 3.21. The molecular weight excluding hydrogens is 360 g/mol. The van der Waals surface area contributed by atoms with Crippen LogP contribution in [-0.2, 0) is 10.0 Å². The van der Waals surface area contributed by atoms with Crippen molar-refractivity contribution < 1.29 is 13.2 Å². The van der Waals surface area contributed by atoms with Crippen molar-refractivity contribution in [2.45, 2.75) is 18.7 Å². The Morgan fingerprint density at radius 3 is 2.78 bits per heavy atom. The summed E-state index contributed by atoms with van der Waals surface area (Å²) in [4.78, 5) is 4.56. The average molecular weight is 380 g/mol. The van der Waals surface area contributed by atoms with Gasteiger partial charge in [-0.05, 0) is 49.2 Å². The van der Waals surface area contributed by atoms with Crippen LogP contribution in [0.15, 0.2) is 59.6 Å². The van der Waals surface area contributed by atoms with Gasteiger partial charge >= 0.3 is 0 Å². The second kappa shape index (κ2) is 8.21. The summed E-state index contributed by atoms with van der Waals surface area (Å²) in [7, 11) is -3.58. The number of fused-ring (bicyclic) bond motifs is 1. The van der Waals surface area contributed by atoms with E-state index in [1.807, 2.05) is 43.3 Å². The van der Waals surface area contributed by atoms with Gasteiger partial charge in [0.1, 0.15) is 12.4 Å². The molecule has 0 radical (unpaired) electrons. The first-order chi connectivity index (χ1) is 13.0. The van der Waals surface area contributed by atoms with Crippen molar-refractivity contribution in [2.24, 2.45) is 0 Å². The molecule has 0 bridgehead atoms. The van der Waals surface area contributed by atoms with E-state index >= 15 is 0 Å². The molecular formula is C21H20N2O3S. The molecule has 1 N–H and O–H groups in total. The number of hydrogen-bond donors (Lipinski definition) is 1. The van der Waals surface area contributed by atoms with Crippen LogP contribution in [0, 0.1) is 25.7 Å². The highest BCUT2D eigenvalue weighted by Gasteiger charge is 2.15. The van der Waals surface area contributed by atoms with Crippen molar-refractivity contribution in [3.05, 3.63) is 65.9 Å². The third-order valence-corrected chi connectivity index (χ3v) is 5.54. The maximum Gasteiger partial charge on any atom is 0.241 e. The summed E-state index contributed by atoms with van der Waals surface area (Å²) in [6.07, 6.45) is 1.73. The molecule has 1 aromatic heterocycles. The fraction of sp³-hybridized carbons (Fsp3) is 0.190. The Morgan fingerprint density at radius 1 is 1.07 bits per heavy atom. The number of hydrogen-bond acceptors (Lipinski definition) is 4. The summed E-state index contributed by atoms with van der Waals surface area (Å²) >= 11 is 0. The summed E-state index contributed by atoms with van der Waals surface area (Å²) in [6, 6.07) is 14.8. The minimum atomic E-state index is -3.58. The van der Waals surface area contributed by atoms with Gasteiger partial charge in [0.25, 0.3) is 0 Å². The molecule has 0 atom stereocenters. The van der Waals surface area contributed by atoms with Crippen molar-refractivity contribution in [2.75, 3.05) is 13.2 Å². The normalized spacial score (nSPS) is 11.0. The van der Waals surface area contributed by atoms with Gasteiger partial charge in [-0.25, -0.2) is 8.42 Å². The van der Waals surface area contributed by atoms with Gasteiger partial charge in [0.15, 0.2) is 0 Å². The van der Waals surface area contributed by atoms with Crippen molar-refractivity contribution in [3.8, 4) is 17.6 Å². The molecule has 0 aliphatic rings. The van der Waals surface area contributed by atoms with Crippen molar-refractivity contribution in [3.63, 3.8) is 0 Å². The van der Waals surface area contributed by atoms with E-state index in [0.29, 0.717) is 11.3 Å². The van der Waals surface area contributed by atoms with E-state index in [1.54, 1.807) is 25.3 Å². The molecule has 138 valence electrons. The number of nitrogens with one attached hydrogen (secondary N) is 1. The first-order valence-corrected chi connectivity index (χ1v) is 9.94. The lowest BCUT2D eigenvalue weighted by atomic mass is 10.2. The maximum atomic E-state index is 12.4.